The molecule has 2 rings (SSSR count). The van der Waals surface area contributed by atoms with E-state index in [-0.39, 0.29) is 15.1 Å². The molecule has 1 N–H and O–H groups in total. The van der Waals surface area contributed by atoms with E-state index in [1.165, 1.54) is 18.2 Å². The van der Waals surface area contributed by atoms with Crippen LogP contribution < -0.4 is 4.72 Å². The van der Waals surface area contributed by atoms with E-state index in [9.17, 15) is 21.6 Å². The van der Waals surface area contributed by atoms with Gasteiger partial charge in [-0.3, -0.25) is 4.72 Å². The molecule has 0 spiro atoms. The third kappa shape index (κ3) is 4.01. The van der Waals surface area contributed by atoms with Crippen molar-refractivity contribution >= 4 is 31.6 Å². The van der Waals surface area contributed by atoms with Gasteiger partial charge in [0.1, 0.15) is 0 Å². The van der Waals surface area contributed by atoms with Gasteiger partial charge in [-0.1, -0.05) is 33.6 Å². The van der Waals surface area contributed by atoms with Crippen molar-refractivity contribution in [3.8, 4) is 0 Å². The fourth-order valence-corrected chi connectivity index (χ4v) is 3.28. The Kier molecular flexibility index (Phi) is 4.53. The van der Waals surface area contributed by atoms with Crippen LogP contribution in [0.25, 0.3) is 0 Å². The highest BCUT2D eigenvalue weighted by Crippen LogP contribution is 2.34. The molecule has 0 aliphatic rings. The highest BCUT2D eigenvalue weighted by molar-refractivity contribution is 9.10. The number of hydrogen-bond donors (Lipinski definition) is 1. The molecule has 3 nitrogen and oxygen atoms in total. The van der Waals surface area contributed by atoms with Crippen LogP contribution in [-0.4, -0.2) is 8.42 Å². The lowest BCUT2D eigenvalue weighted by molar-refractivity contribution is -0.137. The summed E-state index contributed by atoms with van der Waals surface area (Å²) >= 11 is 2.94. The molecule has 0 saturated carbocycles. The Bertz CT molecular complexity index is 787. The topological polar surface area (TPSA) is 46.2 Å². The first-order valence-electron chi connectivity index (χ1n) is 6.05. The summed E-state index contributed by atoms with van der Waals surface area (Å²) in [6, 6.07) is 8.88. The van der Waals surface area contributed by atoms with E-state index >= 15 is 0 Å². The Labute approximate surface area is 134 Å². The normalized spacial score (nSPS) is 12.2. The molecule has 0 fully saturated rings. The standard InChI is InChI=1S/C14H11BrF3NO2S/c1-9-2-4-13(5-3-9)22(20,21)19-12-7-10(14(16,17)18)6-11(15)8-12/h2-8,19H,1H3. The molecule has 0 bridgehead atoms. The Morgan fingerprint density at radius 3 is 2.18 bits per heavy atom. The second-order valence-electron chi connectivity index (χ2n) is 4.64. The summed E-state index contributed by atoms with van der Waals surface area (Å²) in [7, 11) is -3.95. The zero-order valence-electron chi connectivity index (χ0n) is 11.3. The van der Waals surface area contributed by atoms with Crippen molar-refractivity contribution in [1.29, 1.82) is 0 Å². The van der Waals surface area contributed by atoms with Crippen molar-refractivity contribution in [3.63, 3.8) is 0 Å². The number of benzene rings is 2. The van der Waals surface area contributed by atoms with Crippen molar-refractivity contribution in [1.82, 2.24) is 0 Å². The lowest BCUT2D eigenvalue weighted by atomic mass is 10.2. The fourth-order valence-electron chi connectivity index (χ4n) is 1.74. The first-order chi connectivity index (χ1) is 10.1. The summed E-state index contributed by atoms with van der Waals surface area (Å²) in [6.07, 6.45) is -4.56. The monoisotopic (exact) mass is 393 g/mol. The summed E-state index contributed by atoms with van der Waals surface area (Å²) in [5.41, 5.74) is -0.230. The van der Waals surface area contributed by atoms with E-state index < -0.39 is 21.8 Å². The van der Waals surface area contributed by atoms with Gasteiger partial charge in [0.15, 0.2) is 0 Å². The van der Waals surface area contributed by atoms with E-state index in [2.05, 4.69) is 20.7 Å². The van der Waals surface area contributed by atoms with E-state index in [1.807, 2.05) is 0 Å². The van der Waals surface area contributed by atoms with Crippen LogP contribution in [0.5, 0.6) is 0 Å². The summed E-state index contributed by atoms with van der Waals surface area (Å²) in [5.74, 6) is 0. The Balaban J connectivity index is 2.38. The Hall–Kier alpha value is -1.54. The molecule has 0 saturated heterocycles. The summed E-state index contributed by atoms with van der Waals surface area (Å²) in [4.78, 5) is -0.0216. The Morgan fingerprint density at radius 2 is 1.64 bits per heavy atom. The number of rotatable bonds is 3. The van der Waals surface area contributed by atoms with Gasteiger partial charge in [0.2, 0.25) is 0 Å². The second-order valence-corrected chi connectivity index (χ2v) is 7.24. The summed E-state index contributed by atoms with van der Waals surface area (Å²) in [6.45, 7) is 1.80. The number of nitrogens with one attached hydrogen (secondary N) is 1. The summed E-state index contributed by atoms with van der Waals surface area (Å²) in [5, 5.41) is 0. The molecule has 0 radical (unpaired) electrons. The molecule has 2 aromatic rings. The van der Waals surface area contributed by atoms with Crippen LogP contribution >= 0.6 is 15.9 Å². The minimum absolute atomic E-state index is 0.0216. The predicted octanol–water partition coefficient (Wildman–Crippen LogP) is 4.58. The van der Waals surface area contributed by atoms with Crippen LogP contribution in [0.1, 0.15) is 11.1 Å². The van der Waals surface area contributed by atoms with Crippen molar-refractivity contribution < 1.29 is 21.6 Å². The van der Waals surface area contributed by atoms with Crippen LogP contribution in [-0.2, 0) is 16.2 Å². The molecule has 2 aromatic carbocycles. The predicted molar refractivity (Wildman–Crippen MR) is 81.1 cm³/mol. The average Bonchev–Trinajstić information content (AvgIpc) is 2.36. The third-order valence-electron chi connectivity index (χ3n) is 2.81. The first kappa shape index (κ1) is 16.8. The molecule has 0 aliphatic heterocycles. The van der Waals surface area contributed by atoms with Gasteiger partial charge in [-0.2, -0.15) is 13.2 Å². The Morgan fingerprint density at radius 1 is 1.05 bits per heavy atom. The quantitative estimate of drug-likeness (QED) is 0.829. The van der Waals surface area contributed by atoms with Crippen molar-refractivity contribution in [2.45, 2.75) is 18.0 Å². The highest BCUT2D eigenvalue weighted by atomic mass is 79.9. The van der Waals surface area contributed by atoms with Crippen LogP contribution in [0.3, 0.4) is 0 Å². The van der Waals surface area contributed by atoms with E-state index in [0.29, 0.717) is 0 Å². The lowest BCUT2D eigenvalue weighted by Crippen LogP contribution is -2.14. The largest absolute Gasteiger partial charge is 0.416 e. The van der Waals surface area contributed by atoms with Crippen LogP contribution in [0.4, 0.5) is 18.9 Å². The van der Waals surface area contributed by atoms with Gasteiger partial charge >= 0.3 is 6.18 Å². The molecule has 0 unspecified atom stereocenters. The van der Waals surface area contributed by atoms with Crippen molar-refractivity contribution in [2.24, 2.45) is 0 Å². The molecule has 0 aromatic heterocycles. The maximum Gasteiger partial charge on any atom is 0.416 e. The first-order valence-corrected chi connectivity index (χ1v) is 8.33. The molecule has 0 heterocycles. The fraction of sp³-hybridized carbons (Fsp3) is 0.143. The minimum Gasteiger partial charge on any atom is -0.280 e. The lowest BCUT2D eigenvalue weighted by Gasteiger charge is -2.12. The smallest absolute Gasteiger partial charge is 0.280 e. The maximum atomic E-state index is 12.8. The van der Waals surface area contributed by atoms with Crippen LogP contribution in [0.15, 0.2) is 51.8 Å². The molecule has 0 atom stereocenters. The molecular weight excluding hydrogens is 383 g/mol. The van der Waals surface area contributed by atoms with Crippen molar-refractivity contribution in [3.05, 3.63) is 58.1 Å². The number of halogens is 4. The van der Waals surface area contributed by atoms with Gasteiger partial charge in [0.25, 0.3) is 10.0 Å². The van der Waals surface area contributed by atoms with Gasteiger partial charge in [-0.25, -0.2) is 8.42 Å². The van der Waals surface area contributed by atoms with Gasteiger partial charge in [0, 0.05) is 4.47 Å². The van der Waals surface area contributed by atoms with E-state index in [4.69, 9.17) is 0 Å². The second kappa shape index (κ2) is 5.92. The SMILES string of the molecule is Cc1ccc(S(=O)(=O)Nc2cc(Br)cc(C(F)(F)F)c2)cc1. The number of hydrogen-bond acceptors (Lipinski definition) is 2. The molecule has 22 heavy (non-hydrogen) atoms. The average molecular weight is 394 g/mol. The van der Waals surface area contributed by atoms with Gasteiger partial charge in [-0.15, -0.1) is 0 Å². The number of alkyl halides is 3. The molecule has 0 amide bonds. The van der Waals surface area contributed by atoms with E-state index in [0.717, 1.165) is 17.7 Å². The van der Waals surface area contributed by atoms with Crippen LogP contribution in [0.2, 0.25) is 0 Å². The van der Waals surface area contributed by atoms with Gasteiger partial charge in [-0.05, 0) is 37.3 Å². The number of sulfonamides is 1. The molecule has 8 heteroatoms. The van der Waals surface area contributed by atoms with Gasteiger partial charge < -0.3 is 0 Å². The number of anilines is 1. The zero-order chi connectivity index (χ0) is 16.5. The highest BCUT2D eigenvalue weighted by Gasteiger charge is 2.31. The molecule has 0 aliphatic carbocycles. The maximum absolute atomic E-state index is 12.8. The molecular formula is C14H11BrF3NO2S. The van der Waals surface area contributed by atoms with Gasteiger partial charge in [0.05, 0.1) is 16.1 Å². The number of aryl methyl sites for hydroxylation is 1. The zero-order valence-corrected chi connectivity index (χ0v) is 13.7. The minimum atomic E-state index is -4.56. The third-order valence-corrected chi connectivity index (χ3v) is 4.66. The molecule has 118 valence electrons. The summed E-state index contributed by atoms with van der Waals surface area (Å²) < 4.78 is 64.9. The van der Waals surface area contributed by atoms with Crippen LogP contribution in [0, 0.1) is 6.92 Å². The van der Waals surface area contributed by atoms with Crippen molar-refractivity contribution in [2.75, 3.05) is 4.72 Å². The van der Waals surface area contributed by atoms with E-state index in [1.54, 1.807) is 19.1 Å².